The van der Waals surface area contributed by atoms with Gasteiger partial charge in [0.05, 0.1) is 13.1 Å². The van der Waals surface area contributed by atoms with E-state index >= 15 is 0 Å². The van der Waals surface area contributed by atoms with Crippen LogP contribution >= 0.6 is 0 Å². The molecule has 28 heavy (non-hydrogen) atoms. The third-order valence-electron chi connectivity index (χ3n) is 4.60. The van der Waals surface area contributed by atoms with E-state index in [0.29, 0.717) is 36.1 Å². The van der Waals surface area contributed by atoms with Crippen molar-refractivity contribution in [3.63, 3.8) is 0 Å². The molecule has 0 unspecified atom stereocenters. The van der Waals surface area contributed by atoms with E-state index < -0.39 is 5.97 Å². The molecular formula is C23H33KO4. The monoisotopic (exact) mass is 412 g/mol. The Morgan fingerprint density at radius 1 is 1.00 bits per heavy atom. The second-order valence-corrected chi connectivity index (χ2v) is 7.41. The van der Waals surface area contributed by atoms with E-state index in [4.69, 9.17) is 4.74 Å². The Labute approximate surface area is 212 Å². The number of hydrogen-bond acceptors (Lipinski definition) is 4. The Kier molecular flexibility index (Phi) is 13.3. The number of aromatic carboxylic acids is 1. The van der Waals surface area contributed by atoms with Gasteiger partial charge >= 0.3 is 51.4 Å². The van der Waals surface area contributed by atoms with Gasteiger partial charge in [0.15, 0.2) is 0 Å². The molecular weight excluding hydrogens is 379 g/mol. The summed E-state index contributed by atoms with van der Waals surface area (Å²) in [4.78, 5) is 11.9. The first-order valence-corrected chi connectivity index (χ1v) is 9.66. The Morgan fingerprint density at radius 2 is 1.54 bits per heavy atom. The number of unbranched alkanes of at least 4 members (excludes halogenated alkanes) is 2. The molecule has 0 saturated heterocycles. The van der Waals surface area contributed by atoms with Crippen LogP contribution in [-0.4, -0.2) is 18.2 Å². The number of carbonyl (C=O) groups is 1. The normalized spacial score (nSPS) is 10.1. The number of hydrogen-bond donors (Lipinski definition) is 1. The van der Waals surface area contributed by atoms with Gasteiger partial charge in [-0.25, -0.2) is 0 Å². The van der Waals surface area contributed by atoms with Crippen LogP contribution in [0.4, 0.5) is 0 Å². The number of carbonyl (C=O) groups excluding carboxylic acids is 1. The second kappa shape index (κ2) is 13.6. The molecule has 1 aromatic carbocycles. The topological polar surface area (TPSA) is 69.6 Å². The molecule has 0 aliphatic rings. The van der Waals surface area contributed by atoms with E-state index in [1.165, 1.54) is 0 Å². The Bertz CT molecular complexity index is 725. The second-order valence-electron chi connectivity index (χ2n) is 7.41. The van der Waals surface area contributed by atoms with Gasteiger partial charge in [-0.05, 0) is 58.9 Å². The van der Waals surface area contributed by atoms with Gasteiger partial charge in [-0.3, -0.25) is 0 Å². The first-order chi connectivity index (χ1) is 12.7. The van der Waals surface area contributed by atoms with E-state index in [0.717, 1.165) is 36.0 Å². The number of carboxylic acids is 1. The summed E-state index contributed by atoms with van der Waals surface area (Å²) in [5, 5.41) is 22.7. The molecule has 0 amide bonds. The summed E-state index contributed by atoms with van der Waals surface area (Å²) in [6.45, 7) is 10.0. The average molecular weight is 413 g/mol. The Morgan fingerprint density at radius 3 is 1.96 bits per heavy atom. The van der Waals surface area contributed by atoms with Crippen LogP contribution in [0.15, 0.2) is 23.3 Å². The number of phenols is 1. The predicted octanol–water partition coefficient (Wildman–Crippen LogP) is 1.52. The molecule has 0 fully saturated rings. The molecule has 4 nitrogen and oxygen atoms in total. The zero-order valence-corrected chi connectivity index (χ0v) is 21.7. The molecule has 1 aromatic rings. The summed E-state index contributed by atoms with van der Waals surface area (Å²) in [7, 11) is 1.57. The summed E-state index contributed by atoms with van der Waals surface area (Å²) >= 11 is 0. The summed E-state index contributed by atoms with van der Waals surface area (Å²) in [6, 6.07) is 0. The minimum atomic E-state index is -1.33. The van der Waals surface area contributed by atoms with Crippen LogP contribution < -0.4 is 61.2 Å². The van der Waals surface area contributed by atoms with E-state index in [2.05, 4.69) is 13.0 Å². The van der Waals surface area contributed by atoms with E-state index in [1.807, 2.05) is 33.8 Å². The fourth-order valence-corrected chi connectivity index (χ4v) is 3.18. The van der Waals surface area contributed by atoms with Gasteiger partial charge in [-0.1, -0.05) is 43.1 Å². The molecule has 0 aliphatic carbocycles. The zero-order valence-electron chi connectivity index (χ0n) is 18.6. The van der Waals surface area contributed by atoms with Crippen LogP contribution in [0.2, 0.25) is 0 Å². The molecule has 0 atom stereocenters. The van der Waals surface area contributed by atoms with E-state index in [1.54, 1.807) is 7.11 Å². The van der Waals surface area contributed by atoms with Crippen LogP contribution in [0, 0.1) is 0 Å². The van der Waals surface area contributed by atoms with Gasteiger partial charge < -0.3 is 19.7 Å². The number of methoxy groups -OCH3 is 1. The maximum absolute atomic E-state index is 11.9. The predicted molar refractivity (Wildman–Crippen MR) is 108 cm³/mol. The number of rotatable bonds is 10. The van der Waals surface area contributed by atoms with Gasteiger partial charge in [0.2, 0.25) is 0 Å². The number of benzene rings is 1. The molecule has 0 spiro atoms. The number of aromatic hydroxyl groups is 1. The van der Waals surface area contributed by atoms with Crippen LogP contribution in [-0.2, 0) is 19.3 Å². The Hall–Kier alpha value is -0.594. The maximum atomic E-state index is 11.9. The fraction of sp³-hybridized carbons (Fsp3) is 0.522. The summed E-state index contributed by atoms with van der Waals surface area (Å²) in [5.41, 5.74) is 4.13. The average Bonchev–Trinajstić information content (AvgIpc) is 2.58. The number of ether oxygens (including phenoxy) is 1. The molecule has 0 saturated carbocycles. The molecule has 0 aromatic heterocycles. The van der Waals surface area contributed by atoms with Crippen LogP contribution in [0.1, 0.15) is 80.9 Å². The molecule has 1 rings (SSSR count). The van der Waals surface area contributed by atoms with Crippen molar-refractivity contribution in [3.05, 3.63) is 45.6 Å². The van der Waals surface area contributed by atoms with E-state index in [9.17, 15) is 15.0 Å². The van der Waals surface area contributed by atoms with Crippen molar-refractivity contribution >= 4 is 5.97 Å². The van der Waals surface area contributed by atoms with Crippen LogP contribution in [0.3, 0.4) is 0 Å². The van der Waals surface area contributed by atoms with Gasteiger partial charge in [0, 0.05) is 16.7 Å². The SMILES string of the molecule is CCCCCc1c(CC=C(C)C)c(OC)c(CC=C(C)C)c(O)c1C(=O)[O-].[K+]. The van der Waals surface area contributed by atoms with E-state index in [-0.39, 0.29) is 62.7 Å². The van der Waals surface area contributed by atoms with Crippen molar-refractivity contribution in [2.24, 2.45) is 0 Å². The Balaban J connectivity index is 0.00000729. The van der Waals surface area contributed by atoms with Crippen molar-refractivity contribution in [1.29, 1.82) is 0 Å². The summed E-state index contributed by atoms with van der Waals surface area (Å²) in [6.07, 6.45) is 8.46. The quantitative estimate of drug-likeness (QED) is 0.359. The van der Waals surface area contributed by atoms with Crippen LogP contribution in [0.5, 0.6) is 11.5 Å². The molecule has 0 aliphatic heterocycles. The molecule has 0 bridgehead atoms. The largest absolute Gasteiger partial charge is 1.00 e. The molecule has 0 radical (unpaired) electrons. The zero-order chi connectivity index (χ0) is 20.6. The van der Waals surface area contributed by atoms with Crippen LogP contribution in [0.25, 0.3) is 0 Å². The third-order valence-corrected chi connectivity index (χ3v) is 4.60. The van der Waals surface area contributed by atoms with Crippen molar-refractivity contribution in [2.75, 3.05) is 7.11 Å². The first-order valence-electron chi connectivity index (χ1n) is 9.66. The number of carboxylic acid groups (broad SMARTS) is 1. The molecule has 150 valence electrons. The van der Waals surface area contributed by atoms with Crippen molar-refractivity contribution < 1.29 is 71.1 Å². The minimum absolute atomic E-state index is 0. The summed E-state index contributed by atoms with van der Waals surface area (Å²) < 4.78 is 5.67. The van der Waals surface area contributed by atoms with Gasteiger partial charge in [0.25, 0.3) is 0 Å². The van der Waals surface area contributed by atoms with Crippen molar-refractivity contribution in [3.8, 4) is 11.5 Å². The molecule has 1 N–H and O–H groups in total. The number of allylic oxidation sites excluding steroid dienone is 4. The molecule has 0 heterocycles. The van der Waals surface area contributed by atoms with Gasteiger partial charge in [-0.15, -0.1) is 0 Å². The van der Waals surface area contributed by atoms with Gasteiger partial charge in [0.1, 0.15) is 11.5 Å². The fourth-order valence-electron chi connectivity index (χ4n) is 3.18. The van der Waals surface area contributed by atoms with Crippen molar-refractivity contribution in [1.82, 2.24) is 0 Å². The summed E-state index contributed by atoms with van der Waals surface area (Å²) in [5.74, 6) is -0.977. The molecule has 5 heteroatoms. The standard InChI is InChI=1S/C23H34O4.K/c1-7-8-9-10-17-18(13-11-15(2)3)22(27-6)19(14-12-16(4)5)21(24)20(17)23(25)26;/h11-12,24H,7-10,13-14H2,1-6H3,(H,25,26);/q;+1/p-1. The minimum Gasteiger partial charge on any atom is -0.545 e. The van der Waals surface area contributed by atoms with Crippen molar-refractivity contribution in [2.45, 2.75) is 73.1 Å². The smallest absolute Gasteiger partial charge is 0.545 e. The first kappa shape index (κ1) is 27.4. The van der Waals surface area contributed by atoms with Gasteiger partial charge in [-0.2, -0.15) is 0 Å². The maximum Gasteiger partial charge on any atom is 1.00 e. The third kappa shape index (κ3) is 7.67.